The van der Waals surface area contributed by atoms with Crippen molar-refractivity contribution in [3.63, 3.8) is 0 Å². The summed E-state index contributed by atoms with van der Waals surface area (Å²) in [7, 11) is 0. The van der Waals surface area contributed by atoms with Crippen molar-refractivity contribution in [1.29, 1.82) is 0 Å². The van der Waals surface area contributed by atoms with Crippen molar-refractivity contribution in [1.82, 2.24) is 10.4 Å². The van der Waals surface area contributed by atoms with Crippen molar-refractivity contribution < 1.29 is 14.1 Å². The lowest BCUT2D eigenvalue weighted by atomic mass is 10.1. The summed E-state index contributed by atoms with van der Waals surface area (Å²) in [5.41, 5.74) is 2.52. The first-order chi connectivity index (χ1) is 9.56. The molecule has 108 valence electrons. The van der Waals surface area contributed by atoms with Gasteiger partial charge in [0.1, 0.15) is 5.82 Å². The van der Waals surface area contributed by atoms with Crippen LogP contribution < -0.4 is 5.43 Å². The Morgan fingerprint density at radius 1 is 1.35 bits per heavy atom. The monoisotopic (exact) mass is 281 g/mol. The second kappa shape index (κ2) is 6.42. The Morgan fingerprint density at radius 2 is 2.05 bits per heavy atom. The number of rotatable bonds is 4. The molecule has 0 saturated carbocycles. The maximum Gasteiger partial charge on any atom is 0.269 e. The van der Waals surface area contributed by atoms with Gasteiger partial charge in [-0.25, -0.2) is 9.40 Å². The number of carbonyl (C=O) groups is 1. The largest absolute Gasteiger partial charge is 0.289 e. The van der Waals surface area contributed by atoms with Crippen molar-refractivity contribution in [3.8, 4) is 0 Å². The number of carbonyl (C=O) groups excluding carboxylic acids is 1. The Balaban J connectivity index is 1.99. The third-order valence-electron chi connectivity index (χ3n) is 3.23. The highest BCUT2D eigenvalue weighted by molar-refractivity contribution is 5.78. The number of nitro benzene ring substituents is 1. The van der Waals surface area contributed by atoms with E-state index in [9.17, 15) is 19.3 Å². The van der Waals surface area contributed by atoms with E-state index in [1.54, 1.807) is 5.01 Å². The first-order valence-electron chi connectivity index (χ1n) is 6.53. The van der Waals surface area contributed by atoms with Crippen molar-refractivity contribution in [2.75, 3.05) is 13.1 Å². The van der Waals surface area contributed by atoms with Gasteiger partial charge in [0.2, 0.25) is 5.91 Å². The fourth-order valence-corrected chi connectivity index (χ4v) is 2.20. The first-order valence-corrected chi connectivity index (χ1v) is 6.53. The lowest BCUT2D eigenvalue weighted by Gasteiger charge is -2.26. The summed E-state index contributed by atoms with van der Waals surface area (Å²) in [5.74, 6) is -0.962. The van der Waals surface area contributed by atoms with Crippen LogP contribution in [-0.4, -0.2) is 28.9 Å². The zero-order chi connectivity index (χ0) is 14.5. The van der Waals surface area contributed by atoms with E-state index in [1.807, 2.05) is 0 Å². The topological polar surface area (TPSA) is 75.5 Å². The van der Waals surface area contributed by atoms with Crippen LogP contribution in [0.5, 0.6) is 0 Å². The van der Waals surface area contributed by atoms with E-state index in [0.29, 0.717) is 0 Å². The number of nitrogens with one attached hydrogen (secondary N) is 1. The van der Waals surface area contributed by atoms with Gasteiger partial charge < -0.3 is 0 Å². The molecular formula is C13H16FN3O3. The number of non-ortho nitro benzene ring substituents is 1. The van der Waals surface area contributed by atoms with Gasteiger partial charge in [0, 0.05) is 30.8 Å². The van der Waals surface area contributed by atoms with Crippen molar-refractivity contribution in [3.05, 3.63) is 39.7 Å². The number of nitro groups is 1. The number of halogens is 1. The molecule has 0 aliphatic carbocycles. The molecule has 1 amide bonds. The minimum absolute atomic E-state index is 0.0358. The van der Waals surface area contributed by atoms with Gasteiger partial charge >= 0.3 is 0 Å². The van der Waals surface area contributed by atoms with Gasteiger partial charge in [-0.3, -0.25) is 20.3 Å². The number of hydrogen-bond acceptors (Lipinski definition) is 4. The average molecular weight is 281 g/mol. The highest BCUT2D eigenvalue weighted by atomic mass is 19.1. The Labute approximate surface area is 115 Å². The zero-order valence-corrected chi connectivity index (χ0v) is 11.0. The first kappa shape index (κ1) is 14.4. The molecule has 0 aromatic heterocycles. The maximum atomic E-state index is 13.6. The van der Waals surface area contributed by atoms with Crippen molar-refractivity contribution in [2.24, 2.45) is 0 Å². The van der Waals surface area contributed by atoms with Crippen LogP contribution in [0.4, 0.5) is 10.1 Å². The van der Waals surface area contributed by atoms with Crippen LogP contribution in [0.2, 0.25) is 0 Å². The molecule has 7 heteroatoms. The summed E-state index contributed by atoms with van der Waals surface area (Å²) in [5, 5.41) is 12.4. The Bertz CT molecular complexity index is 516. The summed E-state index contributed by atoms with van der Waals surface area (Å²) in [6, 6.07) is 3.20. The Kier molecular flexibility index (Phi) is 4.62. The van der Waals surface area contributed by atoms with Crippen LogP contribution in [-0.2, 0) is 11.2 Å². The number of piperidine rings is 1. The summed E-state index contributed by atoms with van der Waals surface area (Å²) < 4.78 is 13.6. The third-order valence-corrected chi connectivity index (χ3v) is 3.23. The van der Waals surface area contributed by atoms with Gasteiger partial charge in [-0.15, -0.1) is 0 Å². The molecule has 1 aliphatic rings. The smallest absolute Gasteiger partial charge is 0.269 e. The number of nitrogens with zero attached hydrogens (tertiary/aromatic N) is 2. The summed E-state index contributed by atoms with van der Waals surface area (Å²) in [6.07, 6.45) is 2.98. The average Bonchev–Trinajstić information content (AvgIpc) is 2.42. The molecule has 1 N–H and O–H groups in total. The molecule has 1 fully saturated rings. The van der Waals surface area contributed by atoms with Gasteiger partial charge in [-0.05, 0) is 18.9 Å². The lowest BCUT2D eigenvalue weighted by molar-refractivity contribution is -0.385. The number of benzene rings is 1. The molecule has 1 saturated heterocycles. The predicted octanol–water partition coefficient (Wildman–Crippen LogP) is 1.79. The van der Waals surface area contributed by atoms with Crippen molar-refractivity contribution >= 4 is 11.6 Å². The van der Waals surface area contributed by atoms with E-state index in [1.165, 1.54) is 0 Å². The van der Waals surface area contributed by atoms with E-state index in [4.69, 9.17) is 0 Å². The van der Waals surface area contributed by atoms with E-state index in [-0.39, 0.29) is 23.6 Å². The second-order valence-electron chi connectivity index (χ2n) is 4.79. The van der Waals surface area contributed by atoms with E-state index < -0.39 is 10.7 Å². The fourth-order valence-electron chi connectivity index (χ4n) is 2.20. The highest BCUT2D eigenvalue weighted by Crippen LogP contribution is 2.17. The van der Waals surface area contributed by atoms with Crippen LogP contribution in [0.3, 0.4) is 0 Å². The fraction of sp³-hybridized carbons (Fsp3) is 0.462. The predicted molar refractivity (Wildman–Crippen MR) is 70.3 cm³/mol. The van der Waals surface area contributed by atoms with Crippen molar-refractivity contribution in [2.45, 2.75) is 25.7 Å². The molecule has 6 nitrogen and oxygen atoms in total. The van der Waals surface area contributed by atoms with Gasteiger partial charge in [0.05, 0.1) is 11.3 Å². The number of hydrazine groups is 1. The molecule has 1 aromatic rings. The molecular weight excluding hydrogens is 265 g/mol. The van der Waals surface area contributed by atoms with E-state index in [0.717, 1.165) is 50.6 Å². The molecule has 0 atom stereocenters. The summed E-state index contributed by atoms with van der Waals surface area (Å²) in [4.78, 5) is 21.9. The van der Waals surface area contributed by atoms with Crippen LogP contribution in [0.15, 0.2) is 18.2 Å². The molecule has 20 heavy (non-hydrogen) atoms. The minimum Gasteiger partial charge on any atom is -0.289 e. The maximum absolute atomic E-state index is 13.6. The number of hydrogen-bond donors (Lipinski definition) is 1. The molecule has 0 unspecified atom stereocenters. The molecule has 0 radical (unpaired) electrons. The van der Waals surface area contributed by atoms with Crippen LogP contribution in [0.25, 0.3) is 0 Å². The summed E-state index contributed by atoms with van der Waals surface area (Å²) >= 11 is 0. The Morgan fingerprint density at radius 3 is 2.70 bits per heavy atom. The second-order valence-corrected chi connectivity index (χ2v) is 4.79. The third kappa shape index (κ3) is 3.74. The van der Waals surface area contributed by atoms with Crippen LogP contribution in [0, 0.1) is 15.9 Å². The quantitative estimate of drug-likeness (QED) is 0.674. The number of amides is 1. The highest BCUT2D eigenvalue weighted by Gasteiger charge is 2.16. The molecule has 1 aromatic carbocycles. The van der Waals surface area contributed by atoms with Gasteiger partial charge in [0.15, 0.2) is 0 Å². The van der Waals surface area contributed by atoms with Gasteiger partial charge in [-0.1, -0.05) is 6.42 Å². The minimum atomic E-state index is -0.607. The Hall–Kier alpha value is -2.02. The van der Waals surface area contributed by atoms with Crippen LogP contribution >= 0.6 is 0 Å². The molecule has 0 bridgehead atoms. The zero-order valence-electron chi connectivity index (χ0n) is 11.0. The molecule has 1 heterocycles. The van der Waals surface area contributed by atoms with Gasteiger partial charge in [0.25, 0.3) is 5.69 Å². The van der Waals surface area contributed by atoms with E-state index >= 15 is 0 Å². The molecule has 2 rings (SSSR count). The van der Waals surface area contributed by atoms with E-state index in [2.05, 4.69) is 5.43 Å². The SMILES string of the molecule is O=C(Cc1cc([N+](=O)[O-])ccc1F)NN1CCCCC1. The molecule has 0 spiro atoms. The van der Waals surface area contributed by atoms with Crippen LogP contribution in [0.1, 0.15) is 24.8 Å². The molecule has 1 aliphatic heterocycles. The normalized spacial score (nSPS) is 15.8. The summed E-state index contributed by atoms with van der Waals surface area (Å²) in [6.45, 7) is 1.56. The van der Waals surface area contributed by atoms with Gasteiger partial charge in [-0.2, -0.15) is 0 Å². The standard InChI is InChI=1S/C13H16FN3O3/c14-12-5-4-11(17(19)20)8-10(12)9-13(18)15-16-6-2-1-3-7-16/h4-5,8H,1-3,6-7,9H2,(H,15,18). The lowest BCUT2D eigenvalue weighted by Crippen LogP contribution is -2.45.